The number of hydrogen-bond donors (Lipinski definition) is 2. The molecule has 2 aliphatic rings. The summed E-state index contributed by atoms with van der Waals surface area (Å²) in [6.07, 6.45) is 4.99. The Morgan fingerprint density at radius 2 is 1.75 bits per heavy atom. The van der Waals surface area contributed by atoms with Gasteiger partial charge >= 0.3 is 0 Å². The fraction of sp³-hybridized carbons (Fsp3) is 0.650. The number of hydrogen-bond acceptors (Lipinski definition) is 4. The molecule has 1 saturated carbocycles. The second kappa shape index (κ2) is 9.24. The molecular weight excluding hydrogens is 378 g/mol. The van der Waals surface area contributed by atoms with Crippen LogP contribution in [0.2, 0.25) is 0 Å². The van der Waals surface area contributed by atoms with E-state index in [-0.39, 0.29) is 16.8 Å². The molecule has 3 rings (SSSR count). The van der Waals surface area contributed by atoms with Crippen molar-refractivity contribution in [3.63, 3.8) is 0 Å². The zero-order valence-electron chi connectivity index (χ0n) is 16.8. The van der Waals surface area contributed by atoms with Gasteiger partial charge in [-0.25, -0.2) is 8.42 Å². The minimum absolute atomic E-state index is 0.122. The van der Waals surface area contributed by atoms with Crippen LogP contribution in [0.25, 0.3) is 0 Å². The molecule has 0 unspecified atom stereocenters. The number of amides is 1. The number of quaternary nitrogens is 1. The fourth-order valence-electron chi connectivity index (χ4n) is 3.77. The molecule has 0 spiro atoms. The maximum atomic E-state index is 12.8. The third-order valence-corrected chi connectivity index (χ3v) is 7.58. The summed E-state index contributed by atoms with van der Waals surface area (Å²) >= 11 is 0. The molecule has 1 aromatic carbocycles. The van der Waals surface area contributed by atoms with Gasteiger partial charge in [-0.05, 0) is 44.0 Å². The molecule has 1 aliphatic carbocycles. The predicted octanol–water partition coefficient (Wildman–Crippen LogP) is 0.422. The Balaban J connectivity index is 1.56. The minimum atomic E-state index is -3.48. The zero-order valence-corrected chi connectivity index (χ0v) is 17.6. The van der Waals surface area contributed by atoms with Gasteiger partial charge in [0.15, 0.2) is 6.10 Å². The number of ether oxygens (including phenoxy) is 1. The van der Waals surface area contributed by atoms with E-state index in [4.69, 9.17) is 4.74 Å². The smallest absolute Gasteiger partial charge is 0.260 e. The van der Waals surface area contributed by atoms with Crippen molar-refractivity contribution in [1.29, 1.82) is 0 Å². The van der Waals surface area contributed by atoms with Crippen LogP contribution in [-0.2, 0) is 14.8 Å². The van der Waals surface area contributed by atoms with E-state index in [2.05, 4.69) is 12.4 Å². The second-order valence-electron chi connectivity index (χ2n) is 7.94. The first kappa shape index (κ1) is 21.1. The number of piperazine rings is 1. The van der Waals surface area contributed by atoms with Gasteiger partial charge in [-0.3, -0.25) is 4.79 Å². The van der Waals surface area contributed by atoms with Crippen LogP contribution >= 0.6 is 0 Å². The molecule has 1 saturated heterocycles. The van der Waals surface area contributed by atoms with E-state index in [1.165, 1.54) is 15.6 Å². The molecular formula is C20H32N3O4S+. The van der Waals surface area contributed by atoms with Crippen LogP contribution in [0.1, 0.15) is 39.0 Å². The molecule has 1 atom stereocenters. The van der Waals surface area contributed by atoms with E-state index in [0.717, 1.165) is 38.8 Å². The van der Waals surface area contributed by atoms with E-state index in [9.17, 15) is 13.2 Å². The lowest BCUT2D eigenvalue weighted by molar-refractivity contribution is -0.883. The van der Waals surface area contributed by atoms with E-state index in [1.807, 2.05) is 0 Å². The highest BCUT2D eigenvalue weighted by molar-refractivity contribution is 7.89. The largest absolute Gasteiger partial charge is 0.481 e. The summed E-state index contributed by atoms with van der Waals surface area (Å²) in [6.45, 7) is 4.41. The zero-order chi connectivity index (χ0) is 20.1. The quantitative estimate of drug-likeness (QED) is 0.713. The van der Waals surface area contributed by atoms with Crippen LogP contribution in [0.4, 0.5) is 0 Å². The van der Waals surface area contributed by atoms with Crippen molar-refractivity contribution in [2.45, 2.75) is 56.1 Å². The van der Waals surface area contributed by atoms with Crippen LogP contribution in [0.15, 0.2) is 29.2 Å². The molecule has 28 heavy (non-hydrogen) atoms. The summed E-state index contributed by atoms with van der Waals surface area (Å²) in [7, 11) is -1.41. The third-order valence-electron chi connectivity index (χ3n) is 5.67. The van der Waals surface area contributed by atoms with E-state index < -0.39 is 16.1 Å². The molecule has 0 aromatic heterocycles. The summed E-state index contributed by atoms with van der Waals surface area (Å²) in [5.41, 5.74) is 0. The highest BCUT2D eigenvalue weighted by atomic mass is 32.2. The molecule has 2 N–H and O–H groups in total. The number of benzene rings is 1. The average Bonchev–Trinajstić information content (AvgIpc) is 2.69. The first-order valence-electron chi connectivity index (χ1n) is 10.2. The maximum absolute atomic E-state index is 12.8. The lowest BCUT2D eigenvalue weighted by atomic mass is 9.95. The predicted molar refractivity (Wildman–Crippen MR) is 107 cm³/mol. The molecule has 8 heteroatoms. The van der Waals surface area contributed by atoms with Crippen LogP contribution in [-0.4, -0.2) is 64.0 Å². The molecule has 1 aromatic rings. The number of rotatable bonds is 6. The molecule has 0 bridgehead atoms. The summed E-state index contributed by atoms with van der Waals surface area (Å²) < 4.78 is 32.8. The monoisotopic (exact) mass is 410 g/mol. The molecule has 1 amide bonds. The number of nitrogens with zero attached hydrogens (tertiary/aromatic N) is 1. The van der Waals surface area contributed by atoms with Crippen molar-refractivity contribution in [2.24, 2.45) is 0 Å². The second-order valence-corrected chi connectivity index (χ2v) is 9.87. The SMILES string of the molecule is C[C@H](Oc1ccc(S(=O)(=O)N2CC[NH+](C)CC2)cc1)C(=O)NC1CCCCC1. The number of carbonyl (C=O) groups is 1. The van der Waals surface area contributed by atoms with Crippen molar-refractivity contribution in [2.75, 3.05) is 33.2 Å². The molecule has 1 heterocycles. The van der Waals surface area contributed by atoms with Gasteiger partial charge in [0.1, 0.15) is 5.75 Å². The Bertz CT molecular complexity index is 752. The van der Waals surface area contributed by atoms with Crippen LogP contribution in [0.5, 0.6) is 5.75 Å². The van der Waals surface area contributed by atoms with Crippen molar-refractivity contribution in [1.82, 2.24) is 9.62 Å². The Hall–Kier alpha value is -1.64. The maximum Gasteiger partial charge on any atom is 0.260 e. The Morgan fingerprint density at radius 1 is 1.14 bits per heavy atom. The van der Waals surface area contributed by atoms with E-state index in [0.29, 0.717) is 18.8 Å². The minimum Gasteiger partial charge on any atom is -0.481 e. The number of sulfonamides is 1. The van der Waals surface area contributed by atoms with Gasteiger partial charge in [-0.15, -0.1) is 0 Å². The first-order chi connectivity index (χ1) is 13.4. The lowest BCUT2D eigenvalue weighted by Crippen LogP contribution is -3.12. The van der Waals surface area contributed by atoms with Crippen molar-refractivity contribution in [3.05, 3.63) is 24.3 Å². The Labute approximate surface area is 168 Å². The van der Waals surface area contributed by atoms with Gasteiger partial charge in [0.25, 0.3) is 5.91 Å². The molecule has 0 radical (unpaired) electrons. The van der Waals surface area contributed by atoms with E-state index in [1.54, 1.807) is 31.2 Å². The fourth-order valence-corrected chi connectivity index (χ4v) is 5.21. The Kier molecular flexibility index (Phi) is 6.95. The van der Waals surface area contributed by atoms with Gasteiger partial charge in [-0.2, -0.15) is 4.31 Å². The number of nitrogens with one attached hydrogen (secondary N) is 2. The van der Waals surface area contributed by atoms with Crippen molar-refractivity contribution in [3.8, 4) is 5.75 Å². The van der Waals surface area contributed by atoms with Gasteiger partial charge in [0, 0.05) is 6.04 Å². The highest BCUT2D eigenvalue weighted by Gasteiger charge is 2.29. The summed E-state index contributed by atoms with van der Waals surface area (Å²) in [5.74, 6) is 0.372. The lowest BCUT2D eigenvalue weighted by Gasteiger charge is -2.29. The van der Waals surface area contributed by atoms with Crippen molar-refractivity contribution < 1.29 is 22.8 Å². The Morgan fingerprint density at radius 3 is 2.36 bits per heavy atom. The van der Waals surface area contributed by atoms with Gasteiger partial charge in [0.2, 0.25) is 10.0 Å². The van der Waals surface area contributed by atoms with Crippen LogP contribution in [0, 0.1) is 0 Å². The molecule has 1 aliphatic heterocycles. The summed E-state index contributed by atoms with van der Waals surface area (Å²) in [4.78, 5) is 13.9. The number of carbonyl (C=O) groups excluding carboxylic acids is 1. The molecule has 7 nitrogen and oxygen atoms in total. The van der Waals surface area contributed by atoms with Gasteiger partial charge in [-0.1, -0.05) is 19.3 Å². The standard InChI is InChI=1S/C20H31N3O4S/c1-16(20(24)21-17-6-4-3-5-7-17)27-18-8-10-19(11-9-18)28(25,26)23-14-12-22(2)13-15-23/h8-11,16-17H,3-7,12-15H2,1-2H3,(H,21,24)/p+1/t16-/m0/s1. The summed E-state index contributed by atoms with van der Waals surface area (Å²) in [5, 5.41) is 3.05. The molecule has 2 fully saturated rings. The highest BCUT2D eigenvalue weighted by Crippen LogP contribution is 2.21. The first-order valence-corrected chi connectivity index (χ1v) is 11.7. The number of likely N-dealkylation sites (N-methyl/N-ethyl adjacent to an activating group) is 1. The van der Waals surface area contributed by atoms with Crippen LogP contribution < -0.4 is 15.0 Å². The summed E-state index contributed by atoms with van der Waals surface area (Å²) in [6, 6.07) is 6.60. The van der Waals surface area contributed by atoms with E-state index >= 15 is 0 Å². The normalized spacial score (nSPS) is 21.2. The van der Waals surface area contributed by atoms with Gasteiger partial charge < -0.3 is 15.0 Å². The van der Waals surface area contributed by atoms with Gasteiger partial charge in [0.05, 0.1) is 38.1 Å². The van der Waals surface area contributed by atoms with Crippen molar-refractivity contribution >= 4 is 15.9 Å². The molecule has 156 valence electrons. The average molecular weight is 411 g/mol. The van der Waals surface area contributed by atoms with Crippen LogP contribution in [0.3, 0.4) is 0 Å². The third kappa shape index (κ3) is 5.24. The topological polar surface area (TPSA) is 80.2 Å².